The summed E-state index contributed by atoms with van der Waals surface area (Å²) < 4.78 is 5.30. The second-order valence-electron chi connectivity index (χ2n) is 6.79. The highest BCUT2D eigenvalue weighted by Crippen LogP contribution is 2.30. The molecule has 122 valence electrons. The lowest BCUT2D eigenvalue weighted by Gasteiger charge is -2.36. The average molecular weight is 307 g/mol. The number of aryl methyl sites for hydroxylation is 2. The maximum atomic E-state index is 12.3. The van der Waals surface area contributed by atoms with Gasteiger partial charge >= 0.3 is 12.1 Å². The number of rotatable bonds is 3. The number of carboxylic acids is 1. The summed E-state index contributed by atoms with van der Waals surface area (Å²) in [5, 5.41) is 9.74. The number of hydrogen-bond donors (Lipinski definition) is 1. The zero-order valence-corrected chi connectivity index (χ0v) is 14.4. The number of ether oxygens (including phenoxy) is 1. The van der Waals surface area contributed by atoms with E-state index >= 15 is 0 Å². The molecule has 0 spiro atoms. The van der Waals surface area contributed by atoms with Crippen LogP contribution < -0.4 is 0 Å². The van der Waals surface area contributed by atoms with Gasteiger partial charge in [-0.15, -0.1) is 0 Å². The van der Waals surface area contributed by atoms with E-state index in [2.05, 4.69) is 0 Å². The van der Waals surface area contributed by atoms with Crippen LogP contribution in [0.2, 0.25) is 0 Å². The summed E-state index contributed by atoms with van der Waals surface area (Å²) in [6.07, 6.45) is -0.670. The van der Waals surface area contributed by atoms with Gasteiger partial charge in [0.2, 0.25) is 0 Å². The van der Waals surface area contributed by atoms with E-state index < -0.39 is 23.2 Å². The highest BCUT2D eigenvalue weighted by molar-refractivity contribution is 5.85. The van der Waals surface area contributed by atoms with E-state index in [1.54, 1.807) is 32.9 Å². The van der Waals surface area contributed by atoms with Gasteiger partial charge in [0, 0.05) is 7.05 Å². The molecule has 22 heavy (non-hydrogen) atoms. The van der Waals surface area contributed by atoms with Gasteiger partial charge in [0.1, 0.15) is 5.60 Å². The maximum Gasteiger partial charge on any atom is 0.411 e. The first-order valence-corrected chi connectivity index (χ1v) is 7.17. The molecule has 1 aromatic carbocycles. The molecule has 0 aliphatic carbocycles. The molecule has 0 fully saturated rings. The summed E-state index contributed by atoms with van der Waals surface area (Å²) in [4.78, 5) is 25.3. The van der Waals surface area contributed by atoms with Crippen LogP contribution in [0.1, 0.15) is 44.4 Å². The molecule has 1 rings (SSSR count). The summed E-state index contributed by atoms with van der Waals surface area (Å²) in [7, 11) is 1.44. The number of aliphatic carboxylic acids is 1. The quantitative estimate of drug-likeness (QED) is 0.928. The Balaban J connectivity index is 3.31. The van der Waals surface area contributed by atoms with Gasteiger partial charge in [-0.05, 0) is 47.1 Å². The lowest BCUT2D eigenvalue weighted by atomic mass is 9.88. The number of hydrogen-bond acceptors (Lipinski definition) is 3. The molecule has 0 aliphatic rings. The van der Waals surface area contributed by atoms with Crippen LogP contribution in [-0.4, -0.2) is 34.7 Å². The molecule has 0 aliphatic heterocycles. The second kappa shape index (κ2) is 5.99. The van der Waals surface area contributed by atoms with Crippen LogP contribution in [0.5, 0.6) is 0 Å². The van der Waals surface area contributed by atoms with Crippen molar-refractivity contribution >= 4 is 12.1 Å². The van der Waals surface area contributed by atoms with Gasteiger partial charge in [-0.2, -0.15) is 0 Å². The largest absolute Gasteiger partial charge is 0.479 e. The van der Waals surface area contributed by atoms with E-state index in [1.807, 2.05) is 19.9 Å². The molecule has 1 amide bonds. The minimum Gasteiger partial charge on any atom is -0.479 e. The van der Waals surface area contributed by atoms with E-state index in [9.17, 15) is 14.7 Å². The maximum absolute atomic E-state index is 12.3. The summed E-state index contributed by atoms with van der Waals surface area (Å²) in [5.74, 6) is -1.11. The Bertz CT molecular complexity index is 569. The molecule has 1 atom stereocenters. The fraction of sp³-hybridized carbons (Fsp3) is 0.529. The molecular weight excluding hydrogens is 282 g/mol. The van der Waals surface area contributed by atoms with Crippen molar-refractivity contribution in [1.82, 2.24) is 4.90 Å². The molecule has 0 saturated carbocycles. The van der Waals surface area contributed by atoms with Crippen LogP contribution in [0, 0.1) is 13.8 Å². The van der Waals surface area contributed by atoms with Gasteiger partial charge in [-0.25, -0.2) is 9.59 Å². The monoisotopic (exact) mass is 307 g/mol. The lowest BCUT2D eigenvalue weighted by molar-refractivity contribution is -0.150. The molecule has 0 saturated heterocycles. The number of carboxylic acid groups (broad SMARTS) is 1. The van der Waals surface area contributed by atoms with Crippen LogP contribution in [0.25, 0.3) is 0 Å². The Morgan fingerprint density at radius 1 is 1.05 bits per heavy atom. The predicted molar refractivity (Wildman–Crippen MR) is 84.9 cm³/mol. The van der Waals surface area contributed by atoms with Crippen LogP contribution in [0.4, 0.5) is 4.79 Å². The third-order valence-electron chi connectivity index (χ3n) is 3.54. The molecule has 0 bridgehead atoms. The topological polar surface area (TPSA) is 66.8 Å². The predicted octanol–water partition coefficient (Wildman–Crippen LogP) is 3.47. The summed E-state index contributed by atoms with van der Waals surface area (Å²) >= 11 is 0. The van der Waals surface area contributed by atoms with Crippen molar-refractivity contribution < 1.29 is 19.4 Å². The molecule has 1 aromatic rings. The molecule has 5 heteroatoms. The van der Waals surface area contributed by atoms with Gasteiger partial charge in [-0.3, -0.25) is 4.90 Å². The zero-order chi connectivity index (χ0) is 17.3. The third-order valence-corrected chi connectivity index (χ3v) is 3.54. The van der Waals surface area contributed by atoms with Gasteiger partial charge in [0.05, 0.1) is 0 Å². The van der Waals surface area contributed by atoms with E-state index in [4.69, 9.17) is 4.74 Å². The van der Waals surface area contributed by atoms with Crippen LogP contribution in [-0.2, 0) is 15.1 Å². The van der Waals surface area contributed by atoms with E-state index in [1.165, 1.54) is 14.0 Å². The number of amides is 1. The van der Waals surface area contributed by atoms with Crippen molar-refractivity contribution in [3.8, 4) is 0 Å². The van der Waals surface area contributed by atoms with E-state index in [-0.39, 0.29) is 0 Å². The van der Waals surface area contributed by atoms with Crippen molar-refractivity contribution in [2.24, 2.45) is 0 Å². The summed E-state index contributed by atoms with van der Waals surface area (Å²) in [5.41, 5.74) is 0.248. The minimum atomic E-state index is -1.50. The van der Waals surface area contributed by atoms with Gasteiger partial charge in [-0.1, -0.05) is 29.3 Å². The standard InChI is InChI=1S/C17H25NO4/c1-11-8-12(2)10-13(9-11)17(6,14(19)20)18(7)15(21)22-16(3,4)5/h8-10H,1-7H3,(H,19,20). The average Bonchev–Trinajstić information content (AvgIpc) is 2.33. The Hall–Kier alpha value is -2.04. The lowest BCUT2D eigenvalue weighted by Crippen LogP contribution is -2.52. The normalized spacial score (nSPS) is 14.1. The highest BCUT2D eigenvalue weighted by Gasteiger charge is 2.43. The number of carbonyl (C=O) groups is 2. The van der Waals surface area contributed by atoms with Crippen molar-refractivity contribution in [2.75, 3.05) is 7.05 Å². The zero-order valence-electron chi connectivity index (χ0n) is 14.4. The van der Waals surface area contributed by atoms with Crippen molar-refractivity contribution in [3.63, 3.8) is 0 Å². The smallest absolute Gasteiger partial charge is 0.411 e. The summed E-state index contributed by atoms with van der Waals surface area (Å²) in [6, 6.07) is 5.52. The second-order valence-corrected chi connectivity index (χ2v) is 6.79. The first-order valence-electron chi connectivity index (χ1n) is 7.17. The summed E-state index contributed by atoms with van der Waals surface area (Å²) in [6.45, 7) is 10.5. The van der Waals surface area contributed by atoms with Crippen molar-refractivity contribution in [2.45, 2.75) is 52.7 Å². The number of benzene rings is 1. The van der Waals surface area contributed by atoms with Crippen LogP contribution in [0.3, 0.4) is 0 Å². The molecular formula is C17H25NO4. The van der Waals surface area contributed by atoms with Gasteiger partial charge in [0.15, 0.2) is 5.54 Å². The van der Waals surface area contributed by atoms with E-state index in [0.717, 1.165) is 16.0 Å². The molecule has 0 aromatic heterocycles. The van der Waals surface area contributed by atoms with Crippen molar-refractivity contribution in [1.29, 1.82) is 0 Å². The van der Waals surface area contributed by atoms with Crippen LogP contribution >= 0.6 is 0 Å². The minimum absolute atomic E-state index is 0.547. The fourth-order valence-electron chi connectivity index (χ4n) is 2.23. The molecule has 1 N–H and O–H groups in total. The highest BCUT2D eigenvalue weighted by atomic mass is 16.6. The van der Waals surface area contributed by atoms with Crippen LogP contribution in [0.15, 0.2) is 18.2 Å². The van der Waals surface area contributed by atoms with Crippen molar-refractivity contribution in [3.05, 3.63) is 34.9 Å². The molecule has 0 heterocycles. The first kappa shape index (κ1) is 18.0. The number of nitrogens with zero attached hydrogens (tertiary/aromatic N) is 1. The number of likely N-dealkylation sites (N-methyl/N-ethyl adjacent to an activating group) is 1. The Morgan fingerprint density at radius 2 is 1.50 bits per heavy atom. The van der Waals surface area contributed by atoms with Gasteiger partial charge < -0.3 is 9.84 Å². The Kier molecular flexibility index (Phi) is 4.90. The molecule has 5 nitrogen and oxygen atoms in total. The molecule has 1 unspecified atom stereocenters. The number of carbonyl (C=O) groups excluding carboxylic acids is 1. The molecule has 0 radical (unpaired) electrons. The fourth-order valence-corrected chi connectivity index (χ4v) is 2.23. The third kappa shape index (κ3) is 3.78. The first-order chi connectivity index (χ1) is 9.87. The Morgan fingerprint density at radius 3 is 1.86 bits per heavy atom. The van der Waals surface area contributed by atoms with Gasteiger partial charge in [0.25, 0.3) is 0 Å². The SMILES string of the molecule is Cc1cc(C)cc(C(C)(C(=O)O)N(C)C(=O)OC(C)(C)C)c1. The Labute approximate surface area is 131 Å². The van der Waals surface area contributed by atoms with E-state index in [0.29, 0.717) is 5.56 Å².